The summed E-state index contributed by atoms with van der Waals surface area (Å²) in [7, 11) is 0. The Balaban J connectivity index is 3.19. The molecular weight excluding hydrogens is 119 g/mol. The molecule has 0 aliphatic heterocycles. The van der Waals surface area contributed by atoms with Gasteiger partial charge < -0.3 is 0 Å². The van der Waals surface area contributed by atoms with Crippen LogP contribution in [0.5, 0.6) is 0 Å². The van der Waals surface area contributed by atoms with E-state index in [0.717, 1.165) is 0 Å². The second-order valence-electron chi connectivity index (χ2n) is 1.62. The van der Waals surface area contributed by atoms with Gasteiger partial charge in [-0.25, -0.2) is 4.39 Å². The van der Waals surface area contributed by atoms with E-state index in [-0.39, 0.29) is 5.83 Å². The highest BCUT2D eigenvalue weighted by molar-refractivity contribution is 5.64. The van der Waals surface area contributed by atoms with Gasteiger partial charge in [0.25, 0.3) is 0 Å². The van der Waals surface area contributed by atoms with E-state index in [4.69, 9.17) is 0 Å². The van der Waals surface area contributed by atoms with Crippen LogP contribution in [0, 0.1) is 0 Å². The summed E-state index contributed by atoms with van der Waals surface area (Å²) in [6.45, 7) is 3.06. The van der Waals surface area contributed by atoms with Crippen molar-refractivity contribution in [1.82, 2.24) is 0 Å². The number of carbonyl (C=O) groups excluding carboxylic acids is 1. The molecular formula is C7H9FO. The minimum atomic E-state index is -0.342. The molecule has 0 N–H and O–H groups in total. The fraction of sp³-hybridized carbons (Fsp3) is 0.286. The van der Waals surface area contributed by atoms with Gasteiger partial charge in [-0.15, -0.1) is 0 Å². The van der Waals surface area contributed by atoms with E-state index in [0.29, 0.717) is 19.1 Å². The fourth-order valence-corrected chi connectivity index (χ4v) is 0.392. The number of carbonyl (C=O) groups is 1. The van der Waals surface area contributed by atoms with Gasteiger partial charge in [-0.3, -0.25) is 4.79 Å². The molecule has 0 heterocycles. The van der Waals surface area contributed by atoms with E-state index in [1.165, 1.54) is 6.08 Å². The molecule has 1 nitrogen and oxygen atoms in total. The van der Waals surface area contributed by atoms with Gasteiger partial charge in [0.1, 0.15) is 6.29 Å². The fourth-order valence-electron chi connectivity index (χ4n) is 0.392. The first-order chi connectivity index (χ1) is 4.27. The number of halogens is 1. The molecule has 50 valence electrons. The second-order valence-corrected chi connectivity index (χ2v) is 1.62. The highest BCUT2D eigenvalue weighted by Gasteiger charge is 1.84. The lowest BCUT2D eigenvalue weighted by atomic mass is 10.3. The van der Waals surface area contributed by atoms with Gasteiger partial charge in [0, 0.05) is 6.42 Å². The first-order valence-electron chi connectivity index (χ1n) is 2.71. The van der Waals surface area contributed by atoms with Gasteiger partial charge >= 0.3 is 0 Å². The van der Waals surface area contributed by atoms with Gasteiger partial charge in [0.05, 0.1) is 5.83 Å². The van der Waals surface area contributed by atoms with Crippen molar-refractivity contribution >= 4 is 6.29 Å². The van der Waals surface area contributed by atoms with Crippen LogP contribution in [0.3, 0.4) is 0 Å². The molecule has 9 heavy (non-hydrogen) atoms. The molecule has 0 saturated heterocycles. The average molecular weight is 128 g/mol. The van der Waals surface area contributed by atoms with Gasteiger partial charge in [0.15, 0.2) is 0 Å². The minimum Gasteiger partial charge on any atom is -0.299 e. The predicted molar refractivity (Wildman–Crippen MR) is 34.7 cm³/mol. The first-order valence-corrected chi connectivity index (χ1v) is 2.71. The molecule has 0 aliphatic carbocycles. The summed E-state index contributed by atoms with van der Waals surface area (Å²) >= 11 is 0. The first kappa shape index (κ1) is 8.08. The van der Waals surface area contributed by atoms with E-state index in [1.807, 2.05) is 0 Å². The van der Waals surface area contributed by atoms with Crippen molar-refractivity contribution in [1.29, 1.82) is 0 Å². The molecule has 0 spiro atoms. The number of hydrogen-bond acceptors (Lipinski definition) is 1. The molecule has 0 aromatic carbocycles. The maximum Gasteiger partial charge on any atom is 0.142 e. The minimum absolute atomic E-state index is 0.310. The number of hydrogen-bond donors (Lipinski definition) is 0. The normalized spacial score (nSPS) is 9.89. The predicted octanol–water partition coefficient (Wildman–Crippen LogP) is 2.00. The van der Waals surface area contributed by atoms with E-state index in [9.17, 15) is 9.18 Å². The number of allylic oxidation sites excluding steroid dienone is 3. The van der Waals surface area contributed by atoms with Crippen LogP contribution in [-0.2, 0) is 4.79 Å². The van der Waals surface area contributed by atoms with Crippen LogP contribution in [0.2, 0.25) is 0 Å². The van der Waals surface area contributed by atoms with Crippen LogP contribution < -0.4 is 0 Å². The lowest BCUT2D eigenvalue weighted by Crippen LogP contribution is -1.69. The van der Waals surface area contributed by atoms with Crippen LogP contribution in [0.4, 0.5) is 4.39 Å². The Hall–Kier alpha value is -0.920. The summed E-state index contributed by atoms with van der Waals surface area (Å²) in [5.74, 6) is -0.342. The van der Waals surface area contributed by atoms with Gasteiger partial charge in [-0.2, -0.15) is 0 Å². The van der Waals surface area contributed by atoms with Gasteiger partial charge in [-0.1, -0.05) is 12.7 Å². The zero-order valence-electron chi connectivity index (χ0n) is 5.14. The van der Waals surface area contributed by atoms with E-state index < -0.39 is 0 Å². The summed E-state index contributed by atoms with van der Waals surface area (Å²) in [5.41, 5.74) is 0. The molecule has 0 aliphatic rings. The number of rotatable bonds is 4. The molecule has 0 saturated carbocycles. The topological polar surface area (TPSA) is 17.1 Å². The molecule has 2 heteroatoms. The summed E-state index contributed by atoms with van der Waals surface area (Å²) in [6.07, 6.45) is 4.49. The Morgan fingerprint density at radius 3 is 2.78 bits per heavy atom. The maximum absolute atomic E-state index is 11.8. The molecule has 0 rings (SSSR count). The van der Waals surface area contributed by atoms with Crippen LogP contribution in [0.1, 0.15) is 12.8 Å². The Labute approximate surface area is 53.9 Å². The number of aldehydes is 1. The van der Waals surface area contributed by atoms with Crippen LogP contribution in [0.15, 0.2) is 24.6 Å². The molecule has 0 unspecified atom stereocenters. The standard InChI is InChI=1S/C7H9FO/c1-7(8)5-3-2-4-6-9/h2,4,6H,1,3,5H2. The van der Waals surface area contributed by atoms with Crippen molar-refractivity contribution < 1.29 is 9.18 Å². The molecule has 0 bridgehead atoms. The highest BCUT2D eigenvalue weighted by atomic mass is 19.1. The Morgan fingerprint density at radius 2 is 2.33 bits per heavy atom. The van der Waals surface area contributed by atoms with Crippen LogP contribution in [0.25, 0.3) is 0 Å². The lowest BCUT2D eigenvalue weighted by Gasteiger charge is -1.85. The third kappa shape index (κ3) is 7.08. The maximum atomic E-state index is 11.8. The molecule has 0 aromatic rings. The van der Waals surface area contributed by atoms with Crippen LogP contribution in [-0.4, -0.2) is 6.29 Å². The third-order valence-electron chi connectivity index (χ3n) is 0.797. The van der Waals surface area contributed by atoms with E-state index in [2.05, 4.69) is 6.58 Å². The summed E-state index contributed by atoms with van der Waals surface area (Å²) in [6, 6.07) is 0. The van der Waals surface area contributed by atoms with Crippen molar-refractivity contribution in [2.45, 2.75) is 12.8 Å². The highest BCUT2D eigenvalue weighted by Crippen LogP contribution is 2.02. The van der Waals surface area contributed by atoms with E-state index in [1.54, 1.807) is 6.08 Å². The van der Waals surface area contributed by atoms with Crippen LogP contribution >= 0.6 is 0 Å². The third-order valence-corrected chi connectivity index (χ3v) is 0.797. The molecule has 0 atom stereocenters. The summed E-state index contributed by atoms with van der Waals surface area (Å²) < 4.78 is 11.8. The van der Waals surface area contributed by atoms with Crippen molar-refractivity contribution in [3.63, 3.8) is 0 Å². The average Bonchev–Trinajstić information content (AvgIpc) is 1.80. The molecule has 0 radical (unpaired) electrons. The van der Waals surface area contributed by atoms with Crippen molar-refractivity contribution in [2.24, 2.45) is 0 Å². The SMILES string of the molecule is C=C(F)CCC=CC=O. The largest absolute Gasteiger partial charge is 0.299 e. The smallest absolute Gasteiger partial charge is 0.142 e. The Bertz CT molecular complexity index is 127. The monoisotopic (exact) mass is 128 g/mol. The Kier molecular flexibility index (Phi) is 4.69. The zero-order chi connectivity index (χ0) is 7.11. The van der Waals surface area contributed by atoms with E-state index >= 15 is 0 Å². The quantitative estimate of drug-likeness (QED) is 0.418. The van der Waals surface area contributed by atoms with Crippen molar-refractivity contribution in [3.05, 3.63) is 24.6 Å². The van der Waals surface area contributed by atoms with Gasteiger partial charge in [-0.05, 0) is 12.5 Å². The second kappa shape index (κ2) is 5.22. The molecule has 0 aromatic heterocycles. The summed E-state index contributed by atoms with van der Waals surface area (Å²) in [5, 5.41) is 0. The summed E-state index contributed by atoms with van der Waals surface area (Å²) in [4.78, 5) is 9.65. The van der Waals surface area contributed by atoms with Crippen molar-refractivity contribution in [3.8, 4) is 0 Å². The lowest BCUT2D eigenvalue weighted by molar-refractivity contribution is -0.104. The molecule has 0 fully saturated rings. The Morgan fingerprint density at radius 1 is 1.67 bits per heavy atom. The van der Waals surface area contributed by atoms with Gasteiger partial charge in [0.2, 0.25) is 0 Å². The van der Waals surface area contributed by atoms with Crippen molar-refractivity contribution in [2.75, 3.05) is 0 Å². The zero-order valence-corrected chi connectivity index (χ0v) is 5.14. The molecule has 0 amide bonds.